The molecule has 0 aromatic rings. The van der Waals surface area contributed by atoms with Crippen LogP contribution in [0.4, 0.5) is 0 Å². The van der Waals surface area contributed by atoms with E-state index in [1.807, 2.05) is 0 Å². The molecule has 0 heterocycles. The van der Waals surface area contributed by atoms with Gasteiger partial charge in [0.05, 0.1) is 0 Å². The molecule has 0 saturated carbocycles. The van der Waals surface area contributed by atoms with Gasteiger partial charge in [0.25, 0.3) is 0 Å². The maximum atomic E-state index is 0. The van der Waals surface area contributed by atoms with Crippen molar-refractivity contribution in [2.24, 2.45) is 0 Å². The fourth-order valence-corrected chi connectivity index (χ4v) is 0. The van der Waals surface area contributed by atoms with Gasteiger partial charge in [-0.2, -0.15) is 0 Å². The Morgan fingerprint density at radius 1 is 0.750 bits per heavy atom. The monoisotopic (exact) mass is 548 g/mol. The van der Waals surface area contributed by atoms with Gasteiger partial charge in [0.2, 0.25) is 0 Å². The fraction of sp³-hybridized carbons (Fsp3) is 0. The van der Waals surface area contributed by atoms with Gasteiger partial charge < -0.3 is 0 Å². The Bertz CT molecular complexity index is 6.00. The molecule has 0 saturated heterocycles. The molecule has 0 amide bonds. The van der Waals surface area contributed by atoms with Gasteiger partial charge in [-0.05, 0) is 0 Å². The second kappa shape index (κ2) is 17.6. The summed E-state index contributed by atoms with van der Waals surface area (Å²) in [7, 11) is 0. The summed E-state index contributed by atoms with van der Waals surface area (Å²) in [6, 6.07) is 0. The summed E-state index contributed by atoms with van der Waals surface area (Å²) in [6.07, 6.45) is 0. The van der Waals surface area contributed by atoms with E-state index < -0.39 is 0 Å². The minimum Gasteiger partial charge on any atom is 0 e. The van der Waals surface area contributed by atoms with Crippen molar-refractivity contribution in [2.75, 3.05) is 0 Å². The fourth-order valence-electron chi connectivity index (χ4n) is 0. The quantitative estimate of drug-likeness (QED) is 0.374. The molecule has 4 heteroatoms. The van der Waals surface area contributed by atoms with E-state index in [4.69, 9.17) is 0 Å². The molecule has 0 radical (unpaired) electrons. The van der Waals surface area contributed by atoms with E-state index in [0.29, 0.717) is 0 Å². The van der Waals surface area contributed by atoms with Crippen molar-refractivity contribution >= 4 is 0 Å². The smallest absolute Gasteiger partial charge is 0 e. The Labute approximate surface area is 78.8 Å². The van der Waals surface area contributed by atoms with Gasteiger partial charge in [0, 0.05) is 79.9 Å². The molecule has 0 aromatic carbocycles. The average Bonchev–Trinajstić information content (AvgIpc) is 0. The van der Waals surface area contributed by atoms with Crippen molar-refractivity contribution in [3.63, 3.8) is 0 Å². The zero-order chi connectivity index (χ0) is 0. The van der Waals surface area contributed by atoms with E-state index in [2.05, 4.69) is 0 Å². The minimum atomic E-state index is 0. The number of hydrogen-bond donors (Lipinski definition) is 0. The van der Waals surface area contributed by atoms with Crippen molar-refractivity contribution in [1.82, 2.24) is 0 Å². The molecule has 36 valence electrons. The summed E-state index contributed by atoms with van der Waals surface area (Å²) >= 11 is 0. The molecule has 0 nitrogen and oxygen atoms in total. The van der Waals surface area contributed by atoms with E-state index in [-0.39, 0.29) is 79.9 Å². The molecule has 0 spiro atoms. The average molecular weight is 549 g/mol. The van der Waals surface area contributed by atoms with E-state index in [9.17, 15) is 0 Å². The molecule has 0 atom stereocenters. The van der Waals surface area contributed by atoms with Gasteiger partial charge in [0.15, 0.2) is 0 Å². The van der Waals surface area contributed by atoms with Crippen LogP contribution in [0.2, 0.25) is 0 Å². The van der Waals surface area contributed by atoms with Gasteiger partial charge in [-0.25, -0.2) is 0 Å². The van der Waals surface area contributed by atoms with Crippen LogP contribution in [0.3, 0.4) is 0 Å². The third-order valence-electron chi connectivity index (χ3n) is 0. The molecule has 0 aliphatic heterocycles. The molecule has 0 fully saturated rings. The van der Waals surface area contributed by atoms with E-state index in [0.717, 1.165) is 0 Å². The van der Waals surface area contributed by atoms with Crippen molar-refractivity contribution < 1.29 is 79.9 Å². The molecule has 0 aliphatic rings. The molecule has 0 aliphatic carbocycles. The van der Waals surface area contributed by atoms with Gasteiger partial charge in [-0.1, -0.05) is 0 Å². The Hall–Kier alpha value is 2.57. The van der Waals surface area contributed by atoms with Crippen molar-refractivity contribution in [3.05, 3.63) is 0 Å². The number of rotatable bonds is 0. The molecular weight excluding hydrogens is 549 g/mol. The Morgan fingerprint density at radius 3 is 0.750 bits per heavy atom. The third kappa shape index (κ3) is 8.82. The van der Waals surface area contributed by atoms with E-state index in [1.165, 1.54) is 0 Å². The van der Waals surface area contributed by atoms with Crippen LogP contribution in [-0.4, -0.2) is 0 Å². The summed E-state index contributed by atoms with van der Waals surface area (Å²) in [5.74, 6) is 0. The summed E-state index contributed by atoms with van der Waals surface area (Å²) < 4.78 is 0. The first-order chi connectivity index (χ1) is 0. The van der Waals surface area contributed by atoms with Gasteiger partial charge >= 0.3 is 0 Å². The molecule has 0 rings (SSSR count). The molecule has 0 N–H and O–H groups in total. The predicted molar refractivity (Wildman–Crippen MR) is 0 cm³/mol. The van der Waals surface area contributed by atoms with Crippen molar-refractivity contribution in [1.29, 1.82) is 0 Å². The molecular formula is CrPdPt2. The second-order valence-corrected chi connectivity index (χ2v) is 0. The van der Waals surface area contributed by atoms with Crippen LogP contribution in [0.25, 0.3) is 0 Å². The van der Waals surface area contributed by atoms with Crippen molar-refractivity contribution in [2.45, 2.75) is 0 Å². The largest absolute Gasteiger partial charge is 0 e. The van der Waals surface area contributed by atoms with Crippen LogP contribution < -0.4 is 0 Å². The molecule has 0 aromatic heterocycles. The normalized spacial score (nSPS) is 0. The van der Waals surface area contributed by atoms with Crippen LogP contribution in [0, 0.1) is 0 Å². The zero-order valence-electron chi connectivity index (χ0n) is 1.36. The molecule has 0 unspecified atom stereocenters. The standard InChI is InChI=1S/Cr.Pd.2Pt. The van der Waals surface area contributed by atoms with Crippen LogP contribution >= 0.6 is 0 Å². The van der Waals surface area contributed by atoms with Crippen LogP contribution in [0.15, 0.2) is 0 Å². The van der Waals surface area contributed by atoms with Crippen LogP contribution in [0.5, 0.6) is 0 Å². The van der Waals surface area contributed by atoms with Crippen LogP contribution in [-0.2, 0) is 79.9 Å². The zero-order valence-corrected chi connectivity index (χ0v) is 8.73. The second-order valence-electron chi connectivity index (χ2n) is 0. The first-order valence-electron chi connectivity index (χ1n) is 0. The first-order valence-corrected chi connectivity index (χ1v) is 0. The summed E-state index contributed by atoms with van der Waals surface area (Å²) in [4.78, 5) is 0. The van der Waals surface area contributed by atoms with Gasteiger partial charge in [-0.3, -0.25) is 0 Å². The summed E-state index contributed by atoms with van der Waals surface area (Å²) in [5.41, 5.74) is 0. The third-order valence-corrected chi connectivity index (χ3v) is 0. The SMILES string of the molecule is [Cr].[Pd].[Pt].[Pt]. The summed E-state index contributed by atoms with van der Waals surface area (Å²) in [6.45, 7) is 0. The van der Waals surface area contributed by atoms with E-state index >= 15 is 0 Å². The molecule has 0 bridgehead atoms. The van der Waals surface area contributed by atoms with E-state index in [1.54, 1.807) is 0 Å². The van der Waals surface area contributed by atoms with Crippen molar-refractivity contribution in [3.8, 4) is 0 Å². The Morgan fingerprint density at radius 2 is 0.750 bits per heavy atom. The molecule has 4 heavy (non-hydrogen) atoms. The Balaban J connectivity index is 0. The summed E-state index contributed by atoms with van der Waals surface area (Å²) in [5, 5.41) is 0. The Kier molecular flexibility index (Phi) is 136. The maximum absolute atomic E-state index is 0. The topological polar surface area (TPSA) is 0 Å². The first kappa shape index (κ1) is 30.8. The number of hydrogen-bond acceptors (Lipinski definition) is 0. The minimum absolute atomic E-state index is 0. The van der Waals surface area contributed by atoms with Crippen LogP contribution in [0.1, 0.15) is 0 Å². The van der Waals surface area contributed by atoms with Gasteiger partial charge in [0.1, 0.15) is 0 Å². The van der Waals surface area contributed by atoms with Gasteiger partial charge in [-0.15, -0.1) is 0 Å². The maximum Gasteiger partial charge on any atom is 0 e. The predicted octanol–water partition coefficient (Wildman–Crippen LogP) is -0.0100.